The van der Waals surface area contributed by atoms with E-state index in [-0.39, 0.29) is 11.4 Å². The van der Waals surface area contributed by atoms with Gasteiger partial charge in [-0.05, 0) is 26.0 Å². The zero-order valence-corrected chi connectivity index (χ0v) is 11.8. The van der Waals surface area contributed by atoms with Gasteiger partial charge in [0.25, 0.3) is 0 Å². The van der Waals surface area contributed by atoms with Crippen LogP contribution in [0.4, 0.5) is 11.4 Å². The second-order valence-corrected chi connectivity index (χ2v) is 4.28. The number of rotatable bonds is 9. The van der Waals surface area contributed by atoms with Crippen molar-refractivity contribution >= 4 is 11.4 Å². The lowest BCUT2D eigenvalue weighted by Gasteiger charge is -2.10. The van der Waals surface area contributed by atoms with Crippen LogP contribution in [0, 0.1) is 10.1 Å². The van der Waals surface area contributed by atoms with Crippen molar-refractivity contribution in [3.05, 3.63) is 40.5 Å². The van der Waals surface area contributed by atoms with Crippen LogP contribution in [0.1, 0.15) is 13.8 Å². The Balaban J connectivity index is 2.66. The van der Waals surface area contributed by atoms with E-state index in [2.05, 4.69) is 11.9 Å². The third-order valence-corrected chi connectivity index (χ3v) is 2.39. The van der Waals surface area contributed by atoms with Crippen molar-refractivity contribution in [2.45, 2.75) is 13.8 Å². The lowest BCUT2D eigenvalue weighted by atomic mass is 10.2. The molecule has 1 rings (SSSR count). The summed E-state index contributed by atoms with van der Waals surface area (Å²) in [5, 5.41) is 14.1. The van der Waals surface area contributed by atoms with Crippen molar-refractivity contribution in [3.63, 3.8) is 0 Å². The van der Waals surface area contributed by atoms with Gasteiger partial charge >= 0.3 is 5.69 Å². The van der Waals surface area contributed by atoms with Crippen molar-refractivity contribution in [2.75, 3.05) is 31.7 Å². The number of nitro groups is 1. The summed E-state index contributed by atoms with van der Waals surface area (Å²) < 4.78 is 10.6. The number of benzene rings is 1. The van der Waals surface area contributed by atoms with Crippen LogP contribution in [0.2, 0.25) is 0 Å². The first-order chi connectivity index (χ1) is 9.56. The summed E-state index contributed by atoms with van der Waals surface area (Å²) in [4.78, 5) is 10.7. The Hall–Kier alpha value is -2.08. The van der Waals surface area contributed by atoms with Gasteiger partial charge in [0, 0.05) is 6.54 Å². The number of para-hydroxylation sites is 1. The fourth-order valence-corrected chi connectivity index (χ4v) is 1.63. The summed E-state index contributed by atoms with van der Waals surface area (Å²) in [7, 11) is 0. The minimum atomic E-state index is -0.442. The minimum absolute atomic E-state index is 0.0470. The summed E-state index contributed by atoms with van der Waals surface area (Å²) in [5.41, 5.74) is 1.32. The van der Waals surface area contributed by atoms with E-state index < -0.39 is 4.92 Å². The number of nitrogens with zero attached hydrogens (tertiary/aromatic N) is 1. The number of anilines is 1. The standard InChI is InChI=1S/C14H20N2O4/c1-4-20-13-7-5-6-12(14(13)16(17)18)15-8-9-19-10-11(2)3/h5-7,15H,2,4,8-10H2,1,3H3. The summed E-state index contributed by atoms with van der Waals surface area (Å²) in [5.74, 6) is 0.269. The Kier molecular flexibility index (Phi) is 6.52. The van der Waals surface area contributed by atoms with Gasteiger partial charge in [0.1, 0.15) is 5.69 Å². The Morgan fingerprint density at radius 1 is 1.50 bits per heavy atom. The molecule has 0 fully saturated rings. The number of nitrogens with one attached hydrogen (secondary N) is 1. The summed E-state index contributed by atoms with van der Waals surface area (Å²) in [6.45, 7) is 9.19. The molecule has 0 aliphatic heterocycles. The van der Waals surface area contributed by atoms with Gasteiger partial charge in [0.05, 0.1) is 24.7 Å². The molecule has 1 aromatic rings. The first-order valence-electron chi connectivity index (χ1n) is 6.42. The third kappa shape index (κ3) is 4.89. The van der Waals surface area contributed by atoms with E-state index >= 15 is 0 Å². The molecule has 6 nitrogen and oxygen atoms in total. The molecule has 0 aliphatic carbocycles. The maximum atomic E-state index is 11.1. The maximum absolute atomic E-state index is 11.1. The highest BCUT2D eigenvalue weighted by atomic mass is 16.6. The summed E-state index contributed by atoms with van der Waals surface area (Å²) in [6, 6.07) is 4.96. The van der Waals surface area contributed by atoms with Crippen LogP contribution in [0.15, 0.2) is 30.4 Å². The molecule has 0 atom stereocenters. The van der Waals surface area contributed by atoms with Gasteiger partial charge in [-0.1, -0.05) is 18.2 Å². The molecule has 0 aliphatic rings. The molecular weight excluding hydrogens is 260 g/mol. The number of hydrogen-bond donors (Lipinski definition) is 1. The van der Waals surface area contributed by atoms with Crippen LogP contribution in [0.5, 0.6) is 5.75 Å². The average Bonchev–Trinajstić information content (AvgIpc) is 2.38. The summed E-state index contributed by atoms with van der Waals surface area (Å²) in [6.07, 6.45) is 0. The fourth-order valence-electron chi connectivity index (χ4n) is 1.63. The van der Waals surface area contributed by atoms with Crippen molar-refractivity contribution in [3.8, 4) is 5.75 Å². The second-order valence-electron chi connectivity index (χ2n) is 4.28. The number of ether oxygens (including phenoxy) is 2. The van der Waals surface area contributed by atoms with E-state index in [1.165, 1.54) is 0 Å². The topological polar surface area (TPSA) is 73.6 Å². The predicted molar refractivity (Wildman–Crippen MR) is 78.4 cm³/mol. The number of hydrogen-bond acceptors (Lipinski definition) is 5. The molecule has 0 spiro atoms. The highest BCUT2D eigenvalue weighted by Crippen LogP contribution is 2.34. The number of nitro benzene ring substituents is 1. The van der Waals surface area contributed by atoms with Gasteiger partial charge in [0.2, 0.25) is 0 Å². The van der Waals surface area contributed by atoms with Gasteiger partial charge < -0.3 is 14.8 Å². The van der Waals surface area contributed by atoms with E-state index in [1.807, 2.05) is 6.92 Å². The van der Waals surface area contributed by atoms with Gasteiger partial charge in [-0.15, -0.1) is 0 Å². The van der Waals surface area contributed by atoms with Crippen LogP contribution in [0.25, 0.3) is 0 Å². The summed E-state index contributed by atoms with van der Waals surface area (Å²) >= 11 is 0. The SMILES string of the molecule is C=C(C)COCCNc1cccc(OCC)c1[N+](=O)[O-]. The second kappa shape index (κ2) is 8.16. The largest absolute Gasteiger partial charge is 0.487 e. The normalized spacial score (nSPS) is 10.1. The van der Waals surface area contributed by atoms with Crippen molar-refractivity contribution in [1.29, 1.82) is 0 Å². The van der Waals surface area contributed by atoms with Crippen LogP contribution in [0.3, 0.4) is 0 Å². The van der Waals surface area contributed by atoms with Crippen LogP contribution in [-0.4, -0.2) is 31.3 Å². The molecule has 0 heterocycles. The smallest absolute Gasteiger partial charge is 0.333 e. The molecule has 0 saturated heterocycles. The van der Waals surface area contributed by atoms with Crippen molar-refractivity contribution < 1.29 is 14.4 Å². The van der Waals surface area contributed by atoms with Gasteiger partial charge in [-0.2, -0.15) is 0 Å². The average molecular weight is 280 g/mol. The molecule has 0 aromatic heterocycles. The molecule has 0 radical (unpaired) electrons. The lowest BCUT2D eigenvalue weighted by molar-refractivity contribution is -0.384. The van der Waals surface area contributed by atoms with E-state index in [0.717, 1.165) is 5.57 Å². The van der Waals surface area contributed by atoms with E-state index in [4.69, 9.17) is 9.47 Å². The molecule has 0 amide bonds. The Morgan fingerprint density at radius 3 is 2.85 bits per heavy atom. The Morgan fingerprint density at radius 2 is 2.25 bits per heavy atom. The molecule has 0 saturated carbocycles. The Bertz CT molecular complexity index is 474. The monoisotopic (exact) mass is 280 g/mol. The van der Waals surface area contributed by atoms with Crippen molar-refractivity contribution in [2.24, 2.45) is 0 Å². The molecule has 6 heteroatoms. The Labute approximate surface area is 118 Å². The van der Waals surface area contributed by atoms with Crippen molar-refractivity contribution in [1.82, 2.24) is 0 Å². The van der Waals surface area contributed by atoms with Crippen LogP contribution < -0.4 is 10.1 Å². The molecule has 0 bridgehead atoms. The van der Waals surface area contributed by atoms with Gasteiger partial charge in [0.15, 0.2) is 5.75 Å². The maximum Gasteiger partial charge on any atom is 0.333 e. The molecule has 1 N–H and O–H groups in total. The molecule has 20 heavy (non-hydrogen) atoms. The van der Waals surface area contributed by atoms with Gasteiger partial charge in [-0.3, -0.25) is 10.1 Å². The van der Waals surface area contributed by atoms with E-state index in [0.29, 0.717) is 32.1 Å². The van der Waals surface area contributed by atoms with E-state index in [1.54, 1.807) is 25.1 Å². The zero-order chi connectivity index (χ0) is 15.0. The molecule has 1 aromatic carbocycles. The third-order valence-electron chi connectivity index (χ3n) is 2.39. The predicted octanol–water partition coefficient (Wildman–Crippen LogP) is 3.00. The molecular formula is C14H20N2O4. The highest BCUT2D eigenvalue weighted by molar-refractivity contribution is 5.68. The zero-order valence-electron chi connectivity index (χ0n) is 11.8. The molecule has 0 unspecified atom stereocenters. The van der Waals surface area contributed by atoms with E-state index in [9.17, 15) is 10.1 Å². The first kappa shape index (κ1) is 16.0. The first-order valence-corrected chi connectivity index (χ1v) is 6.42. The van der Waals surface area contributed by atoms with Gasteiger partial charge in [-0.25, -0.2) is 0 Å². The highest BCUT2D eigenvalue weighted by Gasteiger charge is 2.20. The molecule has 110 valence electrons. The quantitative estimate of drug-likeness (QED) is 0.326. The lowest BCUT2D eigenvalue weighted by Crippen LogP contribution is -2.12. The fraction of sp³-hybridized carbons (Fsp3) is 0.429. The van der Waals surface area contributed by atoms with Crippen LogP contribution >= 0.6 is 0 Å². The van der Waals surface area contributed by atoms with Crippen LogP contribution in [-0.2, 0) is 4.74 Å². The minimum Gasteiger partial charge on any atom is -0.487 e.